The highest BCUT2D eigenvalue weighted by molar-refractivity contribution is 5.33. The molecule has 1 aliphatic rings. The molecule has 1 saturated carbocycles. The van der Waals surface area contributed by atoms with Crippen LogP contribution >= 0.6 is 0 Å². The first-order valence-corrected chi connectivity index (χ1v) is 5.58. The van der Waals surface area contributed by atoms with E-state index in [9.17, 15) is 0 Å². The Bertz CT molecular complexity index is 371. The third kappa shape index (κ3) is 2.61. The molecular weight excluding hydrogens is 182 g/mol. The molecule has 0 spiro atoms. The maximum atomic E-state index is 5.33. The van der Waals surface area contributed by atoms with Crippen LogP contribution in [0, 0.1) is 12.3 Å². The molecule has 0 amide bonds. The summed E-state index contributed by atoms with van der Waals surface area (Å²) in [5, 5.41) is 3.34. The average molecular weight is 199 g/mol. The second kappa shape index (κ2) is 4.51. The number of terminal acetylenes is 1. The molecule has 0 radical (unpaired) electrons. The summed E-state index contributed by atoms with van der Waals surface area (Å²) in [4.78, 5) is 0. The summed E-state index contributed by atoms with van der Waals surface area (Å²) in [6.07, 6.45) is 8.03. The molecule has 1 aromatic carbocycles. The minimum absolute atomic E-state index is 0.150. The van der Waals surface area contributed by atoms with E-state index < -0.39 is 0 Å². The molecule has 0 aromatic heterocycles. The fourth-order valence-electron chi connectivity index (χ4n) is 1.81. The lowest BCUT2D eigenvalue weighted by Crippen LogP contribution is -2.24. The molecule has 2 rings (SSSR count). The molecule has 0 bridgehead atoms. The lowest BCUT2D eigenvalue weighted by Gasteiger charge is -2.11. The molecule has 0 saturated heterocycles. The Morgan fingerprint density at radius 3 is 2.87 bits per heavy atom. The van der Waals surface area contributed by atoms with Gasteiger partial charge >= 0.3 is 0 Å². The summed E-state index contributed by atoms with van der Waals surface area (Å²) in [6.45, 7) is 2.90. The van der Waals surface area contributed by atoms with Gasteiger partial charge in [-0.3, -0.25) is 5.32 Å². The Morgan fingerprint density at radius 2 is 2.20 bits per heavy atom. The van der Waals surface area contributed by atoms with Crippen molar-refractivity contribution in [2.45, 2.75) is 38.3 Å². The SMILES string of the molecule is C#CC(C)NCc1ccccc1C1CC1. The summed E-state index contributed by atoms with van der Waals surface area (Å²) in [5.41, 5.74) is 2.91. The summed E-state index contributed by atoms with van der Waals surface area (Å²) in [6, 6.07) is 8.82. The van der Waals surface area contributed by atoms with E-state index in [0.717, 1.165) is 12.5 Å². The predicted octanol–water partition coefficient (Wildman–Crippen LogP) is 2.68. The topological polar surface area (TPSA) is 12.0 Å². The number of hydrogen-bond donors (Lipinski definition) is 1. The first kappa shape index (κ1) is 10.3. The average Bonchev–Trinajstić information content (AvgIpc) is 3.10. The van der Waals surface area contributed by atoms with Crippen LogP contribution < -0.4 is 5.32 Å². The van der Waals surface area contributed by atoms with Crippen molar-refractivity contribution < 1.29 is 0 Å². The second-order valence-corrected chi connectivity index (χ2v) is 4.24. The first-order valence-electron chi connectivity index (χ1n) is 5.58. The Balaban J connectivity index is 2.04. The van der Waals surface area contributed by atoms with Crippen LogP contribution in [0.2, 0.25) is 0 Å². The van der Waals surface area contributed by atoms with E-state index in [0.29, 0.717) is 0 Å². The van der Waals surface area contributed by atoms with Crippen LogP contribution in [0.4, 0.5) is 0 Å². The second-order valence-electron chi connectivity index (χ2n) is 4.24. The maximum Gasteiger partial charge on any atom is 0.0660 e. The van der Waals surface area contributed by atoms with Crippen molar-refractivity contribution in [1.82, 2.24) is 5.32 Å². The van der Waals surface area contributed by atoms with Crippen molar-refractivity contribution in [2.75, 3.05) is 0 Å². The minimum Gasteiger partial charge on any atom is -0.300 e. The van der Waals surface area contributed by atoms with Gasteiger partial charge in [0.2, 0.25) is 0 Å². The molecule has 78 valence electrons. The van der Waals surface area contributed by atoms with Gasteiger partial charge in [0.15, 0.2) is 0 Å². The van der Waals surface area contributed by atoms with Gasteiger partial charge in [0, 0.05) is 6.54 Å². The number of nitrogens with one attached hydrogen (secondary N) is 1. The highest BCUT2D eigenvalue weighted by Gasteiger charge is 2.25. The van der Waals surface area contributed by atoms with Gasteiger partial charge in [0.25, 0.3) is 0 Å². The van der Waals surface area contributed by atoms with E-state index in [1.165, 1.54) is 24.0 Å². The summed E-state index contributed by atoms with van der Waals surface area (Å²) < 4.78 is 0. The molecule has 1 aliphatic carbocycles. The zero-order valence-electron chi connectivity index (χ0n) is 9.16. The van der Waals surface area contributed by atoms with Crippen molar-refractivity contribution in [3.8, 4) is 12.3 Å². The van der Waals surface area contributed by atoms with Gasteiger partial charge < -0.3 is 0 Å². The van der Waals surface area contributed by atoms with Crippen molar-refractivity contribution >= 4 is 0 Å². The van der Waals surface area contributed by atoms with Gasteiger partial charge in [-0.05, 0) is 36.8 Å². The zero-order valence-corrected chi connectivity index (χ0v) is 9.16. The maximum absolute atomic E-state index is 5.33. The Morgan fingerprint density at radius 1 is 1.47 bits per heavy atom. The fraction of sp³-hybridized carbons (Fsp3) is 0.429. The molecule has 1 heteroatoms. The normalized spacial score (nSPS) is 17.1. The van der Waals surface area contributed by atoms with E-state index in [2.05, 4.69) is 35.5 Å². The van der Waals surface area contributed by atoms with E-state index in [-0.39, 0.29) is 6.04 Å². The molecule has 15 heavy (non-hydrogen) atoms. The molecule has 1 fully saturated rings. The van der Waals surface area contributed by atoms with Crippen LogP contribution in [0.15, 0.2) is 24.3 Å². The van der Waals surface area contributed by atoms with Gasteiger partial charge in [-0.1, -0.05) is 30.2 Å². The van der Waals surface area contributed by atoms with Crippen molar-refractivity contribution in [1.29, 1.82) is 0 Å². The van der Waals surface area contributed by atoms with Crippen molar-refractivity contribution in [2.24, 2.45) is 0 Å². The van der Waals surface area contributed by atoms with Crippen LogP contribution in [0.5, 0.6) is 0 Å². The van der Waals surface area contributed by atoms with Crippen LogP contribution in [-0.2, 0) is 6.54 Å². The van der Waals surface area contributed by atoms with Crippen molar-refractivity contribution in [3.63, 3.8) is 0 Å². The minimum atomic E-state index is 0.150. The Labute approximate surface area is 91.9 Å². The van der Waals surface area contributed by atoms with Gasteiger partial charge in [-0.15, -0.1) is 6.42 Å². The lowest BCUT2D eigenvalue weighted by atomic mass is 10.0. The van der Waals surface area contributed by atoms with Crippen LogP contribution in [0.3, 0.4) is 0 Å². The number of benzene rings is 1. The third-order valence-electron chi connectivity index (χ3n) is 2.92. The quantitative estimate of drug-likeness (QED) is 0.735. The smallest absolute Gasteiger partial charge is 0.0660 e. The Hall–Kier alpha value is -1.26. The van der Waals surface area contributed by atoms with Gasteiger partial charge in [0.1, 0.15) is 0 Å². The van der Waals surface area contributed by atoms with E-state index in [1.807, 2.05) is 6.92 Å². The van der Waals surface area contributed by atoms with E-state index in [1.54, 1.807) is 0 Å². The third-order valence-corrected chi connectivity index (χ3v) is 2.92. The van der Waals surface area contributed by atoms with Crippen LogP contribution in [0.1, 0.15) is 36.8 Å². The van der Waals surface area contributed by atoms with Crippen LogP contribution in [-0.4, -0.2) is 6.04 Å². The van der Waals surface area contributed by atoms with Gasteiger partial charge in [0.05, 0.1) is 6.04 Å². The van der Waals surface area contributed by atoms with E-state index >= 15 is 0 Å². The molecular formula is C14H17N. The number of rotatable bonds is 4. The van der Waals surface area contributed by atoms with Crippen molar-refractivity contribution in [3.05, 3.63) is 35.4 Å². The molecule has 1 nitrogen and oxygen atoms in total. The molecule has 1 aromatic rings. The standard InChI is InChI=1S/C14H17N/c1-3-11(2)15-10-13-6-4-5-7-14(13)12-8-9-12/h1,4-7,11-12,15H,8-10H2,2H3. The summed E-state index contributed by atoms with van der Waals surface area (Å²) >= 11 is 0. The number of hydrogen-bond acceptors (Lipinski definition) is 1. The monoisotopic (exact) mass is 199 g/mol. The highest BCUT2D eigenvalue weighted by atomic mass is 14.9. The Kier molecular flexibility index (Phi) is 3.08. The van der Waals surface area contributed by atoms with E-state index in [4.69, 9.17) is 6.42 Å². The molecule has 0 heterocycles. The first-order chi connectivity index (χ1) is 7.31. The predicted molar refractivity (Wildman–Crippen MR) is 63.6 cm³/mol. The highest BCUT2D eigenvalue weighted by Crippen LogP contribution is 2.41. The summed E-state index contributed by atoms with van der Waals surface area (Å²) in [7, 11) is 0. The molecule has 1 N–H and O–H groups in total. The largest absolute Gasteiger partial charge is 0.300 e. The van der Waals surface area contributed by atoms with Crippen LogP contribution in [0.25, 0.3) is 0 Å². The molecule has 1 unspecified atom stereocenters. The molecule has 0 aliphatic heterocycles. The van der Waals surface area contributed by atoms with Gasteiger partial charge in [-0.2, -0.15) is 0 Å². The molecule has 1 atom stereocenters. The zero-order chi connectivity index (χ0) is 10.7. The lowest BCUT2D eigenvalue weighted by molar-refractivity contribution is 0.644. The van der Waals surface area contributed by atoms with Gasteiger partial charge in [-0.25, -0.2) is 0 Å². The fourth-order valence-corrected chi connectivity index (χ4v) is 1.81. The summed E-state index contributed by atoms with van der Waals surface area (Å²) in [5.74, 6) is 3.50.